The molecule has 1 saturated heterocycles. The van der Waals surface area contributed by atoms with Crippen molar-refractivity contribution in [1.82, 2.24) is 0 Å². The van der Waals surface area contributed by atoms with E-state index in [4.69, 9.17) is 37.6 Å². The van der Waals surface area contributed by atoms with E-state index < -0.39 is 72.8 Å². The first-order valence-corrected chi connectivity index (χ1v) is 11.6. The number of fused-ring (bicyclic) bond motifs is 1. The Kier molecular flexibility index (Phi) is 9.24. The highest BCUT2D eigenvalue weighted by Crippen LogP contribution is 2.38. The lowest BCUT2D eigenvalue weighted by molar-refractivity contribution is -0.288. The van der Waals surface area contributed by atoms with Gasteiger partial charge >= 0.3 is 35.5 Å². The Labute approximate surface area is 221 Å². The number of hydrogen-bond donors (Lipinski definition) is 0. The van der Waals surface area contributed by atoms with E-state index in [0.717, 1.165) is 34.6 Å². The Balaban J connectivity index is 2.13. The Morgan fingerprint density at radius 3 is 1.92 bits per heavy atom. The molecule has 0 amide bonds. The molecule has 1 aromatic carbocycles. The van der Waals surface area contributed by atoms with Gasteiger partial charge in [-0.1, -0.05) is 0 Å². The normalized spacial score (nSPS) is 22.3. The maximum atomic E-state index is 12.0. The topological polar surface area (TPSA) is 180 Å². The average Bonchev–Trinajstić information content (AvgIpc) is 2.82. The summed E-state index contributed by atoms with van der Waals surface area (Å²) >= 11 is 0. The molecule has 2 heterocycles. The second kappa shape index (κ2) is 12.4. The van der Waals surface area contributed by atoms with Gasteiger partial charge in [0.25, 0.3) is 0 Å². The molecular formula is C25H26O14. The van der Waals surface area contributed by atoms with Crippen LogP contribution >= 0.6 is 0 Å². The monoisotopic (exact) mass is 550 g/mol. The number of hydrogen-bond acceptors (Lipinski definition) is 14. The van der Waals surface area contributed by atoms with Crippen molar-refractivity contribution in [3.8, 4) is 11.5 Å². The van der Waals surface area contributed by atoms with Gasteiger partial charge < -0.3 is 37.6 Å². The molecule has 0 N–H and O–H groups in total. The van der Waals surface area contributed by atoms with Crippen LogP contribution in [0, 0.1) is 0 Å². The number of carbonyl (C=O) groups is 5. The molecule has 1 aromatic heterocycles. The second-order valence-corrected chi connectivity index (χ2v) is 8.34. The highest BCUT2D eigenvalue weighted by atomic mass is 16.7. The fraction of sp³-hybridized carbons (Fsp3) is 0.440. The number of ether oxygens (including phenoxy) is 7. The van der Waals surface area contributed by atoms with Crippen molar-refractivity contribution in [3.63, 3.8) is 0 Å². The van der Waals surface area contributed by atoms with Gasteiger partial charge in [0.05, 0.1) is 0 Å². The minimum absolute atomic E-state index is 0.124. The Bertz CT molecular complexity index is 1330. The van der Waals surface area contributed by atoms with Gasteiger partial charge in [0.15, 0.2) is 23.5 Å². The van der Waals surface area contributed by atoms with Crippen LogP contribution in [0.2, 0.25) is 0 Å². The smallest absolute Gasteiger partial charge is 0.336 e. The minimum atomic E-state index is -1.60. The van der Waals surface area contributed by atoms with Crippen LogP contribution in [0.25, 0.3) is 11.0 Å². The summed E-state index contributed by atoms with van der Waals surface area (Å²) in [6.07, 6.45) is -7.28. The largest absolute Gasteiger partial charge is 0.463 e. The quantitative estimate of drug-likeness (QED) is 0.198. The first-order chi connectivity index (χ1) is 18.3. The molecule has 5 atom stereocenters. The molecule has 1 fully saturated rings. The minimum Gasteiger partial charge on any atom is -0.463 e. The predicted molar refractivity (Wildman–Crippen MR) is 126 cm³/mol. The Morgan fingerprint density at radius 1 is 0.744 bits per heavy atom. The molecule has 0 unspecified atom stereocenters. The zero-order chi connectivity index (χ0) is 28.9. The maximum absolute atomic E-state index is 12.0. The van der Waals surface area contributed by atoms with E-state index >= 15 is 0 Å². The summed E-state index contributed by atoms with van der Waals surface area (Å²) in [5, 5.41) is 0.389. The second-order valence-electron chi connectivity index (χ2n) is 8.34. The summed E-state index contributed by atoms with van der Waals surface area (Å²) in [5.74, 6) is -4.39. The van der Waals surface area contributed by atoms with Crippen molar-refractivity contribution in [3.05, 3.63) is 34.7 Å². The van der Waals surface area contributed by atoms with E-state index in [1.54, 1.807) is 0 Å². The molecule has 0 spiro atoms. The van der Waals surface area contributed by atoms with Crippen LogP contribution in [-0.4, -0.2) is 67.2 Å². The summed E-state index contributed by atoms with van der Waals surface area (Å²) in [6.45, 7) is 5.01. The molecule has 39 heavy (non-hydrogen) atoms. The van der Waals surface area contributed by atoms with Gasteiger partial charge in [-0.05, 0) is 18.2 Å². The number of benzene rings is 1. The molecule has 2 aromatic rings. The van der Waals surface area contributed by atoms with E-state index in [2.05, 4.69) is 0 Å². The van der Waals surface area contributed by atoms with Crippen LogP contribution in [0.15, 0.2) is 33.5 Å². The summed E-state index contributed by atoms with van der Waals surface area (Å²) in [7, 11) is 0. The van der Waals surface area contributed by atoms with Crippen LogP contribution in [0.4, 0.5) is 0 Å². The SMILES string of the molecule is CC(=O)OC[C@@H]1O[C@@H](Oc2ccc3ccc(=O)oc3c2OC(C)=O)[C@@H](OC(C)=O)[C@H](OC(C)=O)[C@H]1OC(C)=O. The zero-order valence-corrected chi connectivity index (χ0v) is 21.6. The van der Waals surface area contributed by atoms with Crippen molar-refractivity contribution < 1.29 is 61.5 Å². The van der Waals surface area contributed by atoms with Crippen LogP contribution < -0.4 is 15.1 Å². The maximum Gasteiger partial charge on any atom is 0.336 e. The molecular weight excluding hydrogens is 524 g/mol. The lowest BCUT2D eigenvalue weighted by Gasteiger charge is -2.43. The number of carbonyl (C=O) groups excluding carboxylic acids is 5. The molecule has 14 nitrogen and oxygen atoms in total. The van der Waals surface area contributed by atoms with E-state index in [-0.39, 0.29) is 17.1 Å². The third-order valence-corrected chi connectivity index (χ3v) is 5.15. The van der Waals surface area contributed by atoms with Gasteiger partial charge in [-0.15, -0.1) is 0 Å². The van der Waals surface area contributed by atoms with E-state index in [1.165, 1.54) is 24.3 Å². The van der Waals surface area contributed by atoms with Gasteiger partial charge in [-0.2, -0.15) is 0 Å². The number of rotatable bonds is 8. The zero-order valence-electron chi connectivity index (χ0n) is 21.6. The van der Waals surface area contributed by atoms with Crippen LogP contribution in [-0.2, 0) is 47.7 Å². The van der Waals surface area contributed by atoms with Crippen LogP contribution in [0.1, 0.15) is 34.6 Å². The molecule has 0 aliphatic carbocycles. The van der Waals surface area contributed by atoms with E-state index in [1.807, 2.05) is 0 Å². The highest BCUT2D eigenvalue weighted by Gasteiger charge is 2.53. The summed E-state index contributed by atoms with van der Waals surface area (Å²) in [5.41, 5.74) is -0.860. The molecule has 0 bridgehead atoms. The van der Waals surface area contributed by atoms with Gasteiger partial charge in [-0.3, -0.25) is 24.0 Å². The molecule has 1 aliphatic heterocycles. The first kappa shape index (κ1) is 29.1. The van der Waals surface area contributed by atoms with E-state index in [0.29, 0.717) is 5.39 Å². The fourth-order valence-corrected chi connectivity index (χ4v) is 3.83. The lowest BCUT2D eigenvalue weighted by atomic mass is 9.98. The van der Waals surface area contributed by atoms with Crippen molar-refractivity contribution in [2.75, 3.05) is 6.61 Å². The number of esters is 5. The summed E-state index contributed by atoms with van der Waals surface area (Å²) in [6, 6.07) is 5.47. The molecule has 210 valence electrons. The Hall–Kier alpha value is -4.46. The molecule has 14 heteroatoms. The van der Waals surface area contributed by atoms with Gasteiger partial charge in [-0.25, -0.2) is 4.79 Å². The van der Waals surface area contributed by atoms with E-state index in [9.17, 15) is 28.8 Å². The molecule has 1 aliphatic rings. The first-order valence-electron chi connectivity index (χ1n) is 11.6. The standard InChI is InChI=1S/C25H26O14/c1-11(26)32-10-18-22(34-13(3)28)23(35-14(4)29)24(36-15(5)30)25(38-18)37-17-8-6-16-7-9-19(31)39-20(16)21(17)33-12(2)27/h6-9,18,22-25H,10H2,1-5H3/t18-,22-,23+,24-,25+/m0/s1. The van der Waals surface area contributed by atoms with Crippen molar-refractivity contribution in [1.29, 1.82) is 0 Å². The summed E-state index contributed by atoms with van der Waals surface area (Å²) in [4.78, 5) is 71.1. The van der Waals surface area contributed by atoms with Crippen LogP contribution in [0.5, 0.6) is 11.5 Å². The highest BCUT2D eigenvalue weighted by molar-refractivity contribution is 5.87. The summed E-state index contributed by atoms with van der Waals surface area (Å²) < 4.78 is 43.4. The average molecular weight is 550 g/mol. The predicted octanol–water partition coefficient (Wildman–Crippen LogP) is 1.18. The van der Waals surface area contributed by atoms with Gasteiger partial charge in [0.2, 0.25) is 18.1 Å². The van der Waals surface area contributed by atoms with Gasteiger partial charge in [0, 0.05) is 46.1 Å². The lowest BCUT2D eigenvalue weighted by Crippen LogP contribution is -2.63. The third-order valence-electron chi connectivity index (χ3n) is 5.15. The Morgan fingerprint density at radius 2 is 1.33 bits per heavy atom. The van der Waals surface area contributed by atoms with Gasteiger partial charge in [0.1, 0.15) is 12.7 Å². The van der Waals surface area contributed by atoms with Crippen molar-refractivity contribution in [2.45, 2.75) is 65.3 Å². The molecule has 0 saturated carbocycles. The third kappa shape index (κ3) is 7.54. The molecule has 0 radical (unpaired) electrons. The fourth-order valence-electron chi connectivity index (χ4n) is 3.83. The van der Waals surface area contributed by atoms with Crippen molar-refractivity contribution in [2.24, 2.45) is 0 Å². The molecule has 3 rings (SSSR count). The van der Waals surface area contributed by atoms with Crippen LogP contribution in [0.3, 0.4) is 0 Å². The van der Waals surface area contributed by atoms with Crippen molar-refractivity contribution >= 4 is 40.8 Å².